The third-order valence-electron chi connectivity index (χ3n) is 3.01. The van der Waals surface area contributed by atoms with Gasteiger partial charge in [-0.1, -0.05) is 13.3 Å². The summed E-state index contributed by atoms with van der Waals surface area (Å²) in [6, 6.07) is 0.456. The van der Waals surface area contributed by atoms with Crippen molar-refractivity contribution in [3.63, 3.8) is 0 Å². The number of amides is 1. The van der Waals surface area contributed by atoms with Gasteiger partial charge in [0.05, 0.1) is 0 Å². The third kappa shape index (κ3) is 3.29. The van der Waals surface area contributed by atoms with E-state index >= 15 is 0 Å². The molecule has 1 heterocycles. The topological polar surface area (TPSA) is 32.3 Å². The van der Waals surface area contributed by atoms with Crippen LogP contribution in [0.4, 0.5) is 0 Å². The predicted octanol–water partition coefficient (Wildman–Crippen LogP) is 1.39. The minimum Gasteiger partial charge on any atom is -0.341 e. The summed E-state index contributed by atoms with van der Waals surface area (Å²) in [6.45, 7) is 3.99. The Labute approximate surface area is 86.9 Å². The van der Waals surface area contributed by atoms with Crippen LogP contribution in [0.2, 0.25) is 0 Å². The number of rotatable bonds is 4. The predicted molar refractivity (Wildman–Crippen MR) is 58.2 cm³/mol. The summed E-state index contributed by atoms with van der Waals surface area (Å²) in [5.74, 6) is 0.344. The Hall–Kier alpha value is -0.570. The van der Waals surface area contributed by atoms with Crippen molar-refractivity contribution >= 4 is 5.91 Å². The van der Waals surface area contributed by atoms with Crippen molar-refractivity contribution in [1.29, 1.82) is 0 Å². The fourth-order valence-corrected chi connectivity index (χ4v) is 1.92. The smallest absolute Gasteiger partial charge is 0.222 e. The van der Waals surface area contributed by atoms with Crippen LogP contribution in [0.5, 0.6) is 0 Å². The van der Waals surface area contributed by atoms with E-state index in [1.165, 1.54) is 12.8 Å². The molecule has 1 rings (SSSR count). The van der Waals surface area contributed by atoms with Crippen LogP contribution >= 0.6 is 0 Å². The van der Waals surface area contributed by atoms with Gasteiger partial charge in [-0.3, -0.25) is 4.79 Å². The molecule has 1 fully saturated rings. The van der Waals surface area contributed by atoms with Gasteiger partial charge in [-0.15, -0.1) is 0 Å². The first-order valence-electron chi connectivity index (χ1n) is 5.73. The minimum atomic E-state index is 0.344. The van der Waals surface area contributed by atoms with Gasteiger partial charge in [0.2, 0.25) is 5.91 Å². The van der Waals surface area contributed by atoms with E-state index < -0.39 is 0 Å². The van der Waals surface area contributed by atoms with Crippen LogP contribution in [0.15, 0.2) is 0 Å². The highest BCUT2D eigenvalue weighted by Gasteiger charge is 2.18. The Kier molecular flexibility index (Phi) is 4.94. The summed E-state index contributed by atoms with van der Waals surface area (Å²) < 4.78 is 0. The molecule has 0 aromatic heterocycles. The van der Waals surface area contributed by atoms with Crippen LogP contribution in [0.1, 0.15) is 39.0 Å². The molecule has 1 N–H and O–H groups in total. The van der Waals surface area contributed by atoms with Crippen LogP contribution in [-0.4, -0.2) is 37.0 Å². The average molecular weight is 198 g/mol. The summed E-state index contributed by atoms with van der Waals surface area (Å²) in [6.07, 6.45) is 5.29. The van der Waals surface area contributed by atoms with Crippen molar-refractivity contribution in [3.05, 3.63) is 0 Å². The van der Waals surface area contributed by atoms with Gasteiger partial charge in [-0.05, 0) is 26.3 Å². The van der Waals surface area contributed by atoms with Gasteiger partial charge >= 0.3 is 0 Å². The number of hydrogen-bond donors (Lipinski definition) is 1. The zero-order valence-corrected chi connectivity index (χ0v) is 9.38. The molecule has 1 aliphatic rings. The Morgan fingerprint density at radius 2 is 2.21 bits per heavy atom. The molecule has 1 atom stereocenters. The first kappa shape index (κ1) is 11.5. The molecule has 0 bridgehead atoms. The molecule has 0 aromatic carbocycles. The normalized spacial score (nSPS) is 20.7. The first-order chi connectivity index (χ1) is 6.77. The number of hydrogen-bond acceptors (Lipinski definition) is 2. The summed E-state index contributed by atoms with van der Waals surface area (Å²) in [5, 5.41) is 3.25. The molecular weight excluding hydrogens is 176 g/mol. The van der Waals surface area contributed by atoms with E-state index in [0.29, 0.717) is 11.9 Å². The molecule has 0 aromatic rings. The van der Waals surface area contributed by atoms with Crippen LogP contribution in [-0.2, 0) is 4.79 Å². The van der Waals surface area contributed by atoms with Crippen molar-refractivity contribution in [2.45, 2.75) is 45.1 Å². The number of likely N-dealkylation sites (tertiary alicyclic amines) is 1. The minimum absolute atomic E-state index is 0.344. The molecule has 1 saturated heterocycles. The summed E-state index contributed by atoms with van der Waals surface area (Å²) in [7, 11) is 1.97. The van der Waals surface area contributed by atoms with Crippen LogP contribution in [0.25, 0.3) is 0 Å². The molecule has 0 saturated carbocycles. The maximum absolute atomic E-state index is 11.7. The molecule has 1 aliphatic heterocycles. The molecular formula is C11H22N2O. The average Bonchev–Trinajstić information content (AvgIpc) is 2.40. The quantitative estimate of drug-likeness (QED) is 0.740. The Morgan fingerprint density at radius 3 is 2.86 bits per heavy atom. The maximum Gasteiger partial charge on any atom is 0.222 e. The van der Waals surface area contributed by atoms with E-state index in [1.54, 1.807) is 0 Å². The van der Waals surface area contributed by atoms with Crippen molar-refractivity contribution in [3.8, 4) is 0 Å². The highest BCUT2D eigenvalue weighted by atomic mass is 16.2. The van der Waals surface area contributed by atoms with E-state index in [4.69, 9.17) is 0 Å². The van der Waals surface area contributed by atoms with Gasteiger partial charge < -0.3 is 10.2 Å². The molecule has 1 amide bonds. The number of carbonyl (C=O) groups excluding carboxylic acids is 1. The summed E-state index contributed by atoms with van der Waals surface area (Å²) in [5.41, 5.74) is 0. The molecule has 3 heteroatoms. The van der Waals surface area contributed by atoms with Gasteiger partial charge in [0.1, 0.15) is 0 Å². The molecule has 1 unspecified atom stereocenters. The van der Waals surface area contributed by atoms with Crippen LogP contribution in [0, 0.1) is 0 Å². The largest absolute Gasteiger partial charge is 0.341 e. The number of nitrogens with zero attached hydrogens (tertiary/aromatic N) is 1. The Balaban J connectivity index is 2.43. The third-order valence-corrected chi connectivity index (χ3v) is 3.01. The number of carbonyl (C=O) groups is 1. The molecule has 0 spiro atoms. The molecule has 0 radical (unpaired) electrons. The zero-order valence-electron chi connectivity index (χ0n) is 9.38. The maximum atomic E-state index is 11.7. The molecule has 0 aliphatic carbocycles. The van der Waals surface area contributed by atoms with E-state index in [0.717, 1.165) is 32.4 Å². The van der Waals surface area contributed by atoms with Gasteiger partial charge in [0.15, 0.2) is 0 Å². The summed E-state index contributed by atoms with van der Waals surface area (Å²) in [4.78, 5) is 13.7. The lowest BCUT2D eigenvalue weighted by Gasteiger charge is -2.25. The lowest BCUT2D eigenvalue weighted by molar-refractivity contribution is -0.131. The van der Waals surface area contributed by atoms with Crippen molar-refractivity contribution in [2.24, 2.45) is 0 Å². The SMILES string of the molecule is CCC(CN1CCCCCC1=O)NC. The highest BCUT2D eigenvalue weighted by Crippen LogP contribution is 2.11. The molecule has 3 nitrogen and oxygen atoms in total. The monoisotopic (exact) mass is 198 g/mol. The van der Waals surface area contributed by atoms with Gasteiger partial charge in [-0.25, -0.2) is 0 Å². The molecule has 82 valence electrons. The number of likely N-dealkylation sites (N-methyl/N-ethyl adjacent to an activating group) is 1. The second-order valence-corrected chi connectivity index (χ2v) is 4.04. The number of nitrogens with one attached hydrogen (secondary N) is 1. The Bertz CT molecular complexity index is 178. The zero-order chi connectivity index (χ0) is 10.4. The first-order valence-corrected chi connectivity index (χ1v) is 5.73. The van der Waals surface area contributed by atoms with E-state index in [2.05, 4.69) is 12.2 Å². The molecule has 14 heavy (non-hydrogen) atoms. The second kappa shape index (κ2) is 6.02. The van der Waals surface area contributed by atoms with Gasteiger partial charge in [-0.2, -0.15) is 0 Å². The lowest BCUT2D eigenvalue weighted by atomic mass is 10.2. The van der Waals surface area contributed by atoms with Crippen LogP contribution in [0.3, 0.4) is 0 Å². The fourth-order valence-electron chi connectivity index (χ4n) is 1.92. The second-order valence-electron chi connectivity index (χ2n) is 4.04. The summed E-state index contributed by atoms with van der Waals surface area (Å²) >= 11 is 0. The van der Waals surface area contributed by atoms with Crippen LogP contribution < -0.4 is 5.32 Å². The van der Waals surface area contributed by atoms with E-state index in [9.17, 15) is 4.79 Å². The fraction of sp³-hybridized carbons (Fsp3) is 0.909. The van der Waals surface area contributed by atoms with Crippen molar-refractivity contribution in [2.75, 3.05) is 20.1 Å². The Morgan fingerprint density at radius 1 is 1.43 bits per heavy atom. The standard InChI is InChI=1S/C11H22N2O/c1-3-10(12-2)9-13-8-6-4-5-7-11(13)14/h10,12H,3-9H2,1-2H3. The van der Waals surface area contributed by atoms with Crippen molar-refractivity contribution in [1.82, 2.24) is 10.2 Å². The van der Waals surface area contributed by atoms with Gasteiger partial charge in [0.25, 0.3) is 0 Å². The van der Waals surface area contributed by atoms with Gasteiger partial charge in [0, 0.05) is 25.6 Å². The lowest BCUT2D eigenvalue weighted by Crippen LogP contribution is -2.42. The van der Waals surface area contributed by atoms with Crippen molar-refractivity contribution < 1.29 is 4.79 Å². The van der Waals surface area contributed by atoms with E-state index in [1.807, 2.05) is 11.9 Å². The van der Waals surface area contributed by atoms with E-state index in [-0.39, 0.29) is 0 Å². The highest BCUT2D eigenvalue weighted by molar-refractivity contribution is 5.76.